The van der Waals surface area contributed by atoms with Crippen LogP contribution < -0.4 is 15.1 Å². The van der Waals surface area contributed by atoms with Crippen molar-refractivity contribution in [3.8, 4) is 0 Å². The van der Waals surface area contributed by atoms with Gasteiger partial charge in [0.1, 0.15) is 6.04 Å². The minimum absolute atomic E-state index is 0.188. The van der Waals surface area contributed by atoms with E-state index in [9.17, 15) is 4.79 Å². The molecule has 1 aromatic heterocycles. The van der Waals surface area contributed by atoms with Crippen LogP contribution in [0.1, 0.15) is 47.1 Å². The molecule has 1 atom stereocenters. The number of hydrogen-bond acceptors (Lipinski definition) is 6. The lowest BCUT2D eigenvalue weighted by molar-refractivity contribution is 0.0938. The molecule has 3 aromatic rings. The third-order valence-corrected chi connectivity index (χ3v) is 5.36. The van der Waals surface area contributed by atoms with Gasteiger partial charge < -0.3 is 19.5 Å². The number of rotatable bonds is 6. The number of amides is 1. The van der Waals surface area contributed by atoms with Gasteiger partial charge in [0.05, 0.1) is 0 Å². The van der Waals surface area contributed by atoms with E-state index >= 15 is 0 Å². The molecule has 0 saturated carbocycles. The summed E-state index contributed by atoms with van der Waals surface area (Å²) in [4.78, 5) is 17.1. The summed E-state index contributed by atoms with van der Waals surface area (Å²) < 4.78 is 6.01. The maximum atomic E-state index is 13.0. The lowest BCUT2D eigenvalue weighted by Gasteiger charge is -2.24. The second kappa shape index (κ2) is 8.98. The molecule has 2 aromatic carbocycles. The molecule has 1 fully saturated rings. The molecule has 30 heavy (non-hydrogen) atoms. The van der Waals surface area contributed by atoms with Crippen LogP contribution in [-0.4, -0.2) is 43.3 Å². The van der Waals surface area contributed by atoms with E-state index in [0.29, 0.717) is 17.5 Å². The van der Waals surface area contributed by atoms with Crippen LogP contribution in [0.5, 0.6) is 0 Å². The molecule has 1 aliphatic heterocycles. The van der Waals surface area contributed by atoms with Gasteiger partial charge in [-0.3, -0.25) is 4.79 Å². The molecule has 1 unspecified atom stereocenters. The molecule has 7 nitrogen and oxygen atoms in total. The number of piperidine rings is 1. The Bertz CT molecular complexity index is 963. The predicted octanol–water partition coefficient (Wildman–Crippen LogP) is 3.65. The average Bonchev–Trinajstić information content (AvgIpc) is 3.28. The molecule has 7 heteroatoms. The molecule has 0 spiro atoms. The van der Waals surface area contributed by atoms with Crippen LogP contribution in [0.15, 0.2) is 59.0 Å². The van der Waals surface area contributed by atoms with Crippen molar-refractivity contribution in [2.24, 2.45) is 0 Å². The molecule has 0 aliphatic carbocycles. The fourth-order valence-electron chi connectivity index (χ4n) is 3.61. The molecule has 1 N–H and O–H groups in total. The maximum Gasteiger partial charge on any atom is 0.318 e. The summed E-state index contributed by atoms with van der Waals surface area (Å²) in [6, 6.07) is 17.2. The van der Waals surface area contributed by atoms with Crippen LogP contribution in [0.25, 0.3) is 0 Å². The van der Waals surface area contributed by atoms with E-state index in [4.69, 9.17) is 4.42 Å². The number of anilines is 2. The molecule has 0 bridgehead atoms. The lowest BCUT2D eigenvalue weighted by Crippen LogP contribution is -2.30. The first-order chi connectivity index (χ1) is 14.6. The lowest BCUT2D eigenvalue weighted by atomic mass is 10.1. The smallest absolute Gasteiger partial charge is 0.318 e. The fourth-order valence-corrected chi connectivity index (χ4v) is 3.61. The van der Waals surface area contributed by atoms with Crippen molar-refractivity contribution in [1.82, 2.24) is 15.5 Å². The molecule has 0 radical (unpaired) electrons. The first-order valence-corrected chi connectivity index (χ1v) is 10.3. The van der Waals surface area contributed by atoms with Crippen LogP contribution in [0, 0.1) is 0 Å². The van der Waals surface area contributed by atoms with Gasteiger partial charge in [0.2, 0.25) is 5.89 Å². The zero-order valence-corrected chi connectivity index (χ0v) is 17.4. The molecular formula is C23H27N5O2. The van der Waals surface area contributed by atoms with E-state index in [1.54, 1.807) is 0 Å². The first kappa shape index (κ1) is 19.9. The fraction of sp³-hybridized carbons (Fsp3) is 0.348. The van der Waals surface area contributed by atoms with Gasteiger partial charge >= 0.3 is 6.01 Å². The van der Waals surface area contributed by atoms with Crippen molar-refractivity contribution in [2.75, 3.05) is 37.0 Å². The topological polar surface area (TPSA) is 74.5 Å². The summed E-state index contributed by atoms with van der Waals surface area (Å²) in [7, 11) is 3.94. The molecule has 1 aliphatic rings. The number of carbonyl (C=O) groups is 1. The van der Waals surface area contributed by atoms with Crippen molar-refractivity contribution in [3.05, 3.63) is 71.6 Å². The van der Waals surface area contributed by atoms with Gasteiger partial charge in [-0.25, -0.2) is 0 Å². The van der Waals surface area contributed by atoms with Crippen LogP contribution in [0.3, 0.4) is 0 Å². The van der Waals surface area contributed by atoms with E-state index in [1.807, 2.05) is 73.6 Å². The number of carbonyl (C=O) groups excluding carboxylic acids is 1. The third kappa shape index (κ3) is 4.45. The Morgan fingerprint density at radius 1 is 1.00 bits per heavy atom. The van der Waals surface area contributed by atoms with Crippen molar-refractivity contribution in [3.63, 3.8) is 0 Å². The number of aromatic nitrogens is 2. The van der Waals surface area contributed by atoms with Gasteiger partial charge in [-0.2, -0.15) is 0 Å². The van der Waals surface area contributed by atoms with E-state index < -0.39 is 6.04 Å². The Kier molecular flexibility index (Phi) is 5.97. The van der Waals surface area contributed by atoms with Crippen LogP contribution in [0.2, 0.25) is 0 Å². The van der Waals surface area contributed by atoms with Gasteiger partial charge in [0.15, 0.2) is 0 Å². The highest BCUT2D eigenvalue weighted by atomic mass is 16.4. The minimum Gasteiger partial charge on any atom is -0.405 e. The first-order valence-electron chi connectivity index (χ1n) is 10.3. The Hall–Kier alpha value is -3.35. The van der Waals surface area contributed by atoms with Crippen molar-refractivity contribution < 1.29 is 9.21 Å². The van der Waals surface area contributed by atoms with Crippen LogP contribution in [0.4, 0.5) is 11.7 Å². The van der Waals surface area contributed by atoms with Crippen LogP contribution in [-0.2, 0) is 0 Å². The second-order valence-corrected chi connectivity index (χ2v) is 7.73. The highest BCUT2D eigenvalue weighted by Crippen LogP contribution is 2.26. The van der Waals surface area contributed by atoms with E-state index in [-0.39, 0.29) is 5.91 Å². The molecular weight excluding hydrogens is 378 g/mol. The van der Waals surface area contributed by atoms with Gasteiger partial charge in [-0.1, -0.05) is 35.4 Å². The number of nitrogens with zero attached hydrogens (tertiary/aromatic N) is 4. The average molecular weight is 406 g/mol. The van der Waals surface area contributed by atoms with Crippen LogP contribution >= 0.6 is 0 Å². The summed E-state index contributed by atoms with van der Waals surface area (Å²) >= 11 is 0. The van der Waals surface area contributed by atoms with Crippen molar-refractivity contribution >= 4 is 17.6 Å². The monoisotopic (exact) mass is 405 g/mol. The second-order valence-electron chi connectivity index (χ2n) is 7.73. The zero-order valence-electron chi connectivity index (χ0n) is 17.4. The molecule has 156 valence electrons. The number of hydrogen-bond donors (Lipinski definition) is 1. The third-order valence-electron chi connectivity index (χ3n) is 5.36. The number of benzene rings is 2. The highest BCUT2D eigenvalue weighted by Gasteiger charge is 2.25. The molecule has 2 heterocycles. The molecule has 1 amide bonds. The summed E-state index contributed by atoms with van der Waals surface area (Å²) in [5.41, 5.74) is 2.51. The Morgan fingerprint density at radius 2 is 1.70 bits per heavy atom. The van der Waals surface area contributed by atoms with Gasteiger partial charge in [-0.15, -0.1) is 5.10 Å². The van der Waals surface area contributed by atoms with Gasteiger partial charge in [-0.05, 0) is 49.1 Å². The SMILES string of the molecule is CN(C)c1ccc(C(=O)NC(c2ccccc2)c2nnc(N3CCCCC3)o2)cc1. The Labute approximate surface area is 176 Å². The van der Waals surface area contributed by atoms with Gasteiger partial charge in [0, 0.05) is 38.4 Å². The summed E-state index contributed by atoms with van der Waals surface area (Å²) in [5, 5.41) is 11.6. The minimum atomic E-state index is -0.515. The molecule has 1 saturated heterocycles. The quantitative estimate of drug-likeness (QED) is 0.675. The summed E-state index contributed by atoms with van der Waals surface area (Å²) in [6.45, 7) is 1.84. The zero-order chi connectivity index (χ0) is 20.9. The summed E-state index contributed by atoms with van der Waals surface area (Å²) in [5.74, 6) is 0.201. The standard InChI is InChI=1S/C23H27N5O2/c1-27(2)19-13-11-18(12-14-19)21(29)24-20(17-9-5-3-6-10-17)22-25-26-23(30-22)28-15-7-4-8-16-28/h3,5-6,9-14,20H,4,7-8,15-16H2,1-2H3,(H,24,29). The van der Waals surface area contributed by atoms with Gasteiger partial charge in [0.25, 0.3) is 5.91 Å². The van der Waals surface area contributed by atoms with Crippen molar-refractivity contribution in [1.29, 1.82) is 0 Å². The Balaban J connectivity index is 1.58. The maximum absolute atomic E-state index is 13.0. The Morgan fingerprint density at radius 3 is 2.37 bits per heavy atom. The summed E-state index contributed by atoms with van der Waals surface area (Å²) in [6.07, 6.45) is 3.48. The van der Waals surface area contributed by atoms with E-state index in [0.717, 1.165) is 37.2 Å². The van der Waals surface area contributed by atoms with E-state index in [1.165, 1.54) is 6.42 Å². The van der Waals surface area contributed by atoms with E-state index in [2.05, 4.69) is 20.4 Å². The van der Waals surface area contributed by atoms with Crippen molar-refractivity contribution in [2.45, 2.75) is 25.3 Å². The highest BCUT2D eigenvalue weighted by molar-refractivity contribution is 5.95. The largest absolute Gasteiger partial charge is 0.405 e. The molecule has 4 rings (SSSR count). The normalized spacial score (nSPS) is 14.9. The predicted molar refractivity (Wildman–Crippen MR) is 117 cm³/mol. The number of nitrogens with one attached hydrogen (secondary N) is 1.